The van der Waals surface area contributed by atoms with Crippen molar-refractivity contribution in [1.82, 2.24) is 10.2 Å². The molecule has 0 spiro atoms. The van der Waals surface area contributed by atoms with E-state index < -0.39 is 0 Å². The van der Waals surface area contributed by atoms with Gasteiger partial charge in [0.2, 0.25) is 0 Å². The highest BCUT2D eigenvalue weighted by Crippen LogP contribution is 2.20. The van der Waals surface area contributed by atoms with Crippen LogP contribution >= 0.6 is 24.0 Å². The molecule has 1 aromatic carbocycles. The zero-order valence-corrected chi connectivity index (χ0v) is 20.9. The third-order valence-corrected chi connectivity index (χ3v) is 5.13. The summed E-state index contributed by atoms with van der Waals surface area (Å²) in [5.41, 5.74) is 1.24. The number of guanidine groups is 1. The number of hydrogen-bond acceptors (Lipinski definition) is 5. The maximum atomic E-state index is 11.1. The Balaban J connectivity index is 0.00000450. The zero-order chi connectivity index (χ0) is 20.9. The first-order valence-electron chi connectivity index (χ1n) is 10.7. The van der Waals surface area contributed by atoms with Crippen LogP contribution in [0.4, 0.5) is 5.69 Å². The van der Waals surface area contributed by atoms with Crippen LogP contribution in [0.5, 0.6) is 5.75 Å². The van der Waals surface area contributed by atoms with Crippen LogP contribution < -0.4 is 15.0 Å². The van der Waals surface area contributed by atoms with Gasteiger partial charge in [-0.2, -0.15) is 0 Å². The normalized spacial score (nSPS) is 14.2. The highest BCUT2D eigenvalue weighted by atomic mass is 127. The van der Waals surface area contributed by atoms with Crippen molar-refractivity contribution in [3.63, 3.8) is 0 Å². The summed E-state index contributed by atoms with van der Waals surface area (Å²) in [6.07, 6.45) is 4.58. The molecule has 1 aliphatic heterocycles. The number of anilines is 1. The number of rotatable bonds is 10. The van der Waals surface area contributed by atoms with Gasteiger partial charge in [0, 0.05) is 51.4 Å². The summed E-state index contributed by atoms with van der Waals surface area (Å²) in [7, 11) is 3.13. The topological polar surface area (TPSA) is 66.4 Å². The van der Waals surface area contributed by atoms with E-state index in [4.69, 9.17) is 9.73 Å². The molecule has 0 atom stereocenters. The average Bonchev–Trinajstić information content (AvgIpc) is 2.77. The summed E-state index contributed by atoms with van der Waals surface area (Å²) < 4.78 is 9.91. The van der Waals surface area contributed by atoms with Crippen LogP contribution in [0.15, 0.2) is 29.3 Å². The van der Waals surface area contributed by atoms with E-state index in [1.54, 1.807) is 7.11 Å². The van der Waals surface area contributed by atoms with Crippen molar-refractivity contribution < 1.29 is 14.3 Å². The van der Waals surface area contributed by atoms with Gasteiger partial charge in [-0.25, -0.2) is 0 Å². The zero-order valence-electron chi connectivity index (χ0n) is 18.6. The lowest BCUT2D eigenvalue weighted by atomic mass is 10.1. The highest BCUT2D eigenvalue weighted by molar-refractivity contribution is 14.0. The number of carbonyl (C=O) groups is 1. The number of unbranched alkanes of at least 4 members (excludes halogenated alkanes) is 3. The van der Waals surface area contributed by atoms with E-state index in [2.05, 4.69) is 38.9 Å². The summed E-state index contributed by atoms with van der Waals surface area (Å²) in [6, 6.07) is 8.26. The van der Waals surface area contributed by atoms with Gasteiger partial charge < -0.3 is 24.6 Å². The van der Waals surface area contributed by atoms with Gasteiger partial charge >= 0.3 is 5.97 Å². The minimum Gasteiger partial charge on any atom is -0.497 e. The number of halogens is 1. The van der Waals surface area contributed by atoms with Gasteiger partial charge in [-0.05, 0) is 44.0 Å². The fourth-order valence-electron chi connectivity index (χ4n) is 3.42. The molecule has 1 saturated heterocycles. The quantitative estimate of drug-likeness (QED) is 0.164. The van der Waals surface area contributed by atoms with Crippen molar-refractivity contribution >= 4 is 41.6 Å². The Bertz CT molecular complexity index is 632. The van der Waals surface area contributed by atoms with Crippen LogP contribution in [0.1, 0.15) is 39.0 Å². The van der Waals surface area contributed by atoms with Gasteiger partial charge in [-0.1, -0.05) is 12.8 Å². The number of aliphatic imine (C=N–C) groups is 1. The predicted molar refractivity (Wildman–Crippen MR) is 133 cm³/mol. The average molecular weight is 532 g/mol. The monoisotopic (exact) mass is 532 g/mol. The highest BCUT2D eigenvalue weighted by Gasteiger charge is 2.19. The molecule has 0 radical (unpaired) electrons. The lowest BCUT2D eigenvalue weighted by Gasteiger charge is -2.37. The van der Waals surface area contributed by atoms with Crippen LogP contribution in [0, 0.1) is 0 Å². The Morgan fingerprint density at radius 1 is 1.03 bits per heavy atom. The van der Waals surface area contributed by atoms with Crippen molar-refractivity contribution in [2.75, 3.05) is 58.4 Å². The number of piperazine rings is 1. The second-order valence-electron chi connectivity index (χ2n) is 7.15. The first-order valence-corrected chi connectivity index (χ1v) is 10.7. The van der Waals surface area contributed by atoms with Crippen molar-refractivity contribution in [1.29, 1.82) is 0 Å². The molecule has 0 aromatic heterocycles. The number of benzene rings is 1. The molecule has 0 unspecified atom stereocenters. The second-order valence-corrected chi connectivity index (χ2v) is 7.15. The Kier molecular flexibility index (Phi) is 13.3. The fourth-order valence-corrected chi connectivity index (χ4v) is 3.42. The molecule has 0 saturated carbocycles. The van der Waals surface area contributed by atoms with Crippen LogP contribution in [0.25, 0.3) is 0 Å². The van der Waals surface area contributed by atoms with Crippen LogP contribution in [-0.4, -0.2) is 70.3 Å². The molecule has 0 bridgehead atoms. The number of methoxy groups -OCH3 is 2. The first kappa shape index (κ1) is 26.3. The first-order chi connectivity index (χ1) is 14.2. The molecule has 0 amide bonds. The summed E-state index contributed by atoms with van der Waals surface area (Å²) in [4.78, 5) is 20.7. The van der Waals surface area contributed by atoms with Gasteiger partial charge in [0.05, 0.1) is 14.2 Å². The van der Waals surface area contributed by atoms with Crippen molar-refractivity contribution in [2.45, 2.75) is 39.0 Å². The Labute approximate surface area is 198 Å². The summed E-state index contributed by atoms with van der Waals surface area (Å²) in [5, 5.41) is 3.43. The second kappa shape index (κ2) is 15.1. The van der Waals surface area contributed by atoms with E-state index in [0.29, 0.717) is 6.42 Å². The van der Waals surface area contributed by atoms with Crippen LogP contribution in [-0.2, 0) is 9.53 Å². The number of carbonyl (C=O) groups excluding carboxylic acids is 1. The summed E-state index contributed by atoms with van der Waals surface area (Å²) in [6.45, 7) is 7.66. The number of esters is 1. The molecule has 2 rings (SSSR count). The third-order valence-electron chi connectivity index (χ3n) is 5.13. The number of ether oxygens (including phenoxy) is 2. The Hall–Kier alpha value is -1.71. The molecule has 8 heteroatoms. The van der Waals surface area contributed by atoms with E-state index in [9.17, 15) is 4.79 Å². The third kappa shape index (κ3) is 8.97. The Morgan fingerprint density at radius 3 is 2.30 bits per heavy atom. The number of nitrogens with zero attached hydrogens (tertiary/aromatic N) is 3. The molecule has 1 fully saturated rings. The van der Waals surface area contributed by atoms with Crippen LogP contribution in [0.2, 0.25) is 0 Å². The van der Waals surface area contributed by atoms with E-state index in [0.717, 1.165) is 76.7 Å². The molecule has 0 aliphatic carbocycles. The van der Waals surface area contributed by atoms with Gasteiger partial charge in [0.25, 0.3) is 0 Å². The SMILES string of the molecule is CCNC(=NCCCCCCC(=O)OC)N1CCN(c2ccc(OC)cc2)CC1.I. The maximum absolute atomic E-state index is 11.1. The largest absolute Gasteiger partial charge is 0.497 e. The minimum atomic E-state index is -0.119. The molecule has 1 heterocycles. The van der Waals surface area contributed by atoms with Gasteiger partial charge in [0.15, 0.2) is 5.96 Å². The van der Waals surface area contributed by atoms with E-state index >= 15 is 0 Å². The lowest BCUT2D eigenvalue weighted by Crippen LogP contribution is -2.52. The molecule has 1 aliphatic rings. The lowest BCUT2D eigenvalue weighted by molar-refractivity contribution is -0.140. The maximum Gasteiger partial charge on any atom is 0.305 e. The van der Waals surface area contributed by atoms with Crippen molar-refractivity contribution in [3.05, 3.63) is 24.3 Å². The standard InChI is InChI=1S/C22H36N4O3.HI/c1-4-23-22(24-14-8-6-5-7-9-21(27)29-3)26-17-15-25(16-18-26)19-10-12-20(28-2)13-11-19;/h10-13H,4-9,14-18H2,1-3H3,(H,23,24);1H. The van der Waals surface area contributed by atoms with E-state index in [1.165, 1.54) is 12.8 Å². The van der Waals surface area contributed by atoms with Gasteiger partial charge in [-0.3, -0.25) is 9.79 Å². The number of hydrogen-bond donors (Lipinski definition) is 1. The fraction of sp³-hybridized carbons (Fsp3) is 0.636. The Morgan fingerprint density at radius 2 is 1.70 bits per heavy atom. The molecule has 170 valence electrons. The van der Waals surface area contributed by atoms with E-state index in [1.807, 2.05) is 12.1 Å². The minimum absolute atomic E-state index is 0. The molecular formula is C22H37IN4O3. The molecule has 1 N–H and O–H groups in total. The van der Waals surface area contributed by atoms with Gasteiger partial charge in [0.1, 0.15) is 5.75 Å². The summed E-state index contributed by atoms with van der Waals surface area (Å²) in [5.74, 6) is 1.78. The molecular weight excluding hydrogens is 495 g/mol. The van der Waals surface area contributed by atoms with Crippen molar-refractivity contribution in [3.8, 4) is 5.75 Å². The predicted octanol–water partition coefficient (Wildman–Crippen LogP) is 3.52. The molecule has 1 aromatic rings. The van der Waals surface area contributed by atoms with Crippen LogP contribution in [0.3, 0.4) is 0 Å². The summed E-state index contributed by atoms with van der Waals surface area (Å²) >= 11 is 0. The van der Waals surface area contributed by atoms with E-state index in [-0.39, 0.29) is 29.9 Å². The smallest absolute Gasteiger partial charge is 0.305 e. The molecule has 30 heavy (non-hydrogen) atoms. The number of nitrogens with one attached hydrogen (secondary N) is 1. The van der Waals surface area contributed by atoms with Crippen molar-refractivity contribution in [2.24, 2.45) is 4.99 Å². The van der Waals surface area contributed by atoms with Gasteiger partial charge in [-0.15, -0.1) is 24.0 Å². The molecule has 7 nitrogen and oxygen atoms in total.